The van der Waals surface area contributed by atoms with Gasteiger partial charge in [-0.15, -0.1) is 0 Å². The largest absolute Gasteiger partial charge is 0.416 e. The molecule has 0 saturated carbocycles. The molecule has 23 heavy (non-hydrogen) atoms. The van der Waals surface area contributed by atoms with Crippen molar-refractivity contribution in [3.8, 4) is 0 Å². The zero-order valence-corrected chi connectivity index (χ0v) is 12.8. The third-order valence-electron chi connectivity index (χ3n) is 4.07. The molecule has 0 N–H and O–H groups in total. The van der Waals surface area contributed by atoms with Crippen LogP contribution in [0, 0.1) is 0 Å². The van der Waals surface area contributed by atoms with Crippen LogP contribution in [0.2, 0.25) is 0 Å². The van der Waals surface area contributed by atoms with Crippen LogP contribution in [0.5, 0.6) is 0 Å². The summed E-state index contributed by atoms with van der Waals surface area (Å²) in [5.41, 5.74) is 0.608. The van der Waals surface area contributed by atoms with Gasteiger partial charge in [0.2, 0.25) is 0 Å². The van der Waals surface area contributed by atoms with Crippen LogP contribution in [-0.4, -0.2) is 34.4 Å². The first kappa shape index (κ1) is 16.0. The third-order valence-corrected chi connectivity index (χ3v) is 4.07. The molecule has 4 nitrogen and oxygen atoms in total. The van der Waals surface area contributed by atoms with Gasteiger partial charge in [-0.3, -0.25) is 9.58 Å². The predicted octanol–water partition coefficient (Wildman–Crippen LogP) is 3.01. The Morgan fingerprint density at radius 1 is 1.26 bits per heavy atom. The molecule has 0 aliphatic carbocycles. The second-order valence-corrected chi connectivity index (χ2v) is 5.63. The molecule has 1 aromatic carbocycles. The quantitative estimate of drug-likeness (QED) is 0.869. The summed E-state index contributed by atoms with van der Waals surface area (Å²) in [5, 5.41) is 4.12. The highest BCUT2D eigenvalue weighted by molar-refractivity contribution is 5.32. The lowest BCUT2D eigenvalue weighted by Gasteiger charge is -2.34. The molecule has 1 aliphatic rings. The van der Waals surface area contributed by atoms with Gasteiger partial charge >= 0.3 is 6.18 Å². The summed E-state index contributed by atoms with van der Waals surface area (Å²) in [6, 6.07) is 7.55. The third kappa shape index (κ3) is 3.56. The van der Waals surface area contributed by atoms with Gasteiger partial charge in [0, 0.05) is 32.9 Å². The second kappa shape index (κ2) is 6.33. The molecular weight excluding hydrogens is 307 g/mol. The van der Waals surface area contributed by atoms with Crippen LogP contribution in [0.4, 0.5) is 13.2 Å². The van der Waals surface area contributed by atoms with Gasteiger partial charge in [0.05, 0.1) is 24.0 Å². The minimum absolute atomic E-state index is 0.203. The number of nitrogens with zero attached hydrogens (tertiary/aromatic N) is 3. The molecule has 0 spiro atoms. The maximum absolute atomic E-state index is 13.2. The minimum Gasteiger partial charge on any atom is -0.371 e. The number of benzene rings is 1. The van der Waals surface area contributed by atoms with E-state index in [4.69, 9.17) is 4.74 Å². The Labute approximate surface area is 132 Å². The van der Waals surface area contributed by atoms with E-state index in [9.17, 15) is 13.2 Å². The smallest absolute Gasteiger partial charge is 0.371 e. The molecule has 0 radical (unpaired) electrons. The lowest BCUT2D eigenvalue weighted by Crippen LogP contribution is -2.38. The molecule has 2 aromatic rings. The average Bonchev–Trinajstić information content (AvgIpc) is 2.92. The summed E-state index contributed by atoms with van der Waals surface area (Å²) >= 11 is 0. The topological polar surface area (TPSA) is 30.3 Å². The Bertz CT molecular complexity index is 669. The highest BCUT2D eigenvalue weighted by Crippen LogP contribution is 2.36. The van der Waals surface area contributed by atoms with Gasteiger partial charge in [0.25, 0.3) is 0 Å². The van der Waals surface area contributed by atoms with Crippen LogP contribution in [0.25, 0.3) is 0 Å². The number of halogens is 3. The molecule has 1 atom stereocenters. The van der Waals surface area contributed by atoms with Crippen LogP contribution >= 0.6 is 0 Å². The van der Waals surface area contributed by atoms with E-state index >= 15 is 0 Å². The summed E-state index contributed by atoms with van der Waals surface area (Å²) < 4.78 is 46.9. The van der Waals surface area contributed by atoms with E-state index < -0.39 is 17.8 Å². The van der Waals surface area contributed by atoms with Crippen molar-refractivity contribution in [2.45, 2.75) is 18.8 Å². The average molecular weight is 325 g/mol. The normalized spacial score (nSPS) is 19.9. The van der Waals surface area contributed by atoms with Crippen molar-refractivity contribution in [1.82, 2.24) is 14.7 Å². The zero-order chi connectivity index (χ0) is 16.4. The molecule has 1 aliphatic heterocycles. The van der Waals surface area contributed by atoms with Gasteiger partial charge in [0.15, 0.2) is 0 Å². The Kier molecular flexibility index (Phi) is 4.41. The van der Waals surface area contributed by atoms with E-state index in [1.807, 2.05) is 13.1 Å². The van der Waals surface area contributed by atoms with E-state index in [-0.39, 0.29) is 5.56 Å². The number of aromatic nitrogens is 2. The summed E-state index contributed by atoms with van der Waals surface area (Å²) in [6.45, 7) is 2.17. The number of morpholine rings is 1. The van der Waals surface area contributed by atoms with E-state index in [1.54, 1.807) is 16.9 Å². The molecule has 7 heteroatoms. The SMILES string of the molecule is Cn1nccc1CN1CCOC(c2ccccc2C(F)(F)F)C1. The molecule has 2 heterocycles. The van der Waals surface area contributed by atoms with E-state index in [2.05, 4.69) is 10.00 Å². The fourth-order valence-electron chi connectivity index (χ4n) is 2.86. The summed E-state index contributed by atoms with van der Waals surface area (Å²) in [7, 11) is 1.85. The van der Waals surface area contributed by atoms with Crippen molar-refractivity contribution in [2.24, 2.45) is 7.05 Å². The predicted molar refractivity (Wildman–Crippen MR) is 78.6 cm³/mol. The maximum atomic E-state index is 13.2. The molecule has 1 unspecified atom stereocenters. The van der Waals surface area contributed by atoms with Gasteiger partial charge in [-0.1, -0.05) is 18.2 Å². The standard InChI is InChI=1S/C16H18F3N3O/c1-21-12(6-7-20-21)10-22-8-9-23-15(11-22)13-4-2-3-5-14(13)16(17,18)19/h2-7,15H,8-11H2,1H3. The summed E-state index contributed by atoms with van der Waals surface area (Å²) in [5.74, 6) is 0. The molecule has 1 saturated heterocycles. The minimum atomic E-state index is -4.37. The molecule has 0 bridgehead atoms. The number of ether oxygens (including phenoxy) is 1. The first-order valence-electron chi connectivity index (χ1n) is 7.42. The lowest BCUT2D eigenvalue weighted by atomic mass is 10.0. The van der Waals surface area contributed by atoms with Gasteiger partial charge in [-0.25, -0.2) is 0 Å². The summed E-state index contributed by atoms with van der Waals surface area (Å²) in [6.07, 6.45) is -3.23. The van der Waals surface area contributed by atoms with Crippen molar-refractivity contribution in [2.75, 3.05) is 19.7 Å². The van der Waals surface area contributed by atoms with E-state index in [0.29, 0.717) is 26.2 Å². The zero-order valence-electron chi connectivity index (χ0n) is 12.8. The monoisotopic (exact) mass is 325 g/mol. The van der Waals surface area contributed by atoms with Crippen LogP contribution in [0.15, 0.2) is 36.5 Å². The Morgan fingerprint density at radius 3 is 2.74 bits per heavy atom. The molecule has 1 fully saturated rings. The van der Waals surface area contributed by atoms with Gasteiger partial charge in [-0.05, 0) is 17.7 Å². The number of hydrogen-bond donors (Lipinski definition) is 0. The second-order valence-electron chi connectivity index (χ2n) is 5.63. The lowest BCUT2D eigenvalue weighted by molar-refractivity contribution is -0.140. The van der Waals surface area contributed by atoms with Crippen molar-refractivity contribution >= 4 is 0 Å². The van der Waals surface area contributed by atoms with E-state index in [0.717, 1.165) is 11.8 Å². The first-order valence-corrected chi connectivity index (χ1v) is 7.42. The maximum Gasteiger partial charge on any atom is 0.416 e. The number of hydrogen-bond acceptors (Lipinski definition) is 3. The van der Waals surface area contributed by atoms with Crippen LogP contribution < -0.4 is 0 Å². The van der Waals surface area contributed by atoms with E-state index in [1.165, 1.54) is 12.1 Å². The number of aryl methyl sites for hydroxylation is 1. The van der Waals surface area contributed by atoms with Crippen LogP contribution in [-0.2, 0) is 24.5 Å². The number of rotatable bonds is 3. The van der Waals surface area contributed by atoms with Crippen molar-refractivity contribution in [1.29, 1.82) is 0 Å². The van der Waals surface area contributed by atoms with Crippen molar-refractivity contribution in [3.05, 3.63) is 53.3 Å². The highest BCUT2D eigenvalue weighted by Gasteiger charge is 2.36. The summed E-state index contributed by atoms with van der Waals surface area (Å²) in [4.78, 5) is 2.10. The van der Waals surface area contributed by atoms with Crippen molar-refractivity contribution in [3.63, 3.8) is 0 Å². The fourth-order valence-corrected chi connectivity index (χ4v) is 2.86. The molecule has 3 rings (SSSR count). The van der Waals surface area contributed by atoms with Crippen molar-refractivity contribution < 1.29 is 17.9 Å². The molecular formula is C16H18F3N3O. The van der Waals surface area contributed by atoms with Gasteiger partial charge in [-0.2, -0.15) is 18.3 Å². The molecule has 124 valence electrons. The Balaban J connectivity index is 1.78. The van der Waals surface area contributed by atoms with Crippen LogP contribution in [0.3, 0.4) is 0 Å². The molecule has 0 amide bonds. The molecule has 1 aromatic heterocycles. The highest BCUT2D eigenvalue weighted by atomic mass is 19.4. The fraction of sp³-hybridized carbons (Fsp3) is 0.438. The first-order chi connectivity index (χ1) is 10.9. The number of alkyl halides is 3. The Morgan fingerprint density at radius 2 is 2.04 bits per heavy atom. The Hall–Kier alpha value is -1.86. The van der Waals surface area contributed by atoms with Gasteiger partial charge < -0.3 is 4.74 Å². The van der Waals surface area contributed by atoms with Crippen LogP contribution in [0.1, 0.15) is 22.9 Å². The van der Waals surface area contributed by atoms with Gasteiger partial charge in [0.1, 0.15) is 0 Å².